The predicted octanol–water partition coefficient (Wildman–Crippen LogP) is 3.22. The number of carboxylic acids is 1. The fraction of sp³-hybridized carbons (Fsp3) is 0.429. The van der Waals surface area contributed by atoms with Gasteiger partial charge in [0.15, 0.2) is 0 Å². The van der Waals surface area contributed by atoms with Crippen LogP contribution in [0.1, 0.15) is 68.6 Å². The SMILES string of the molecule is Cc1nc(C(C)NC(=O)c2csc(C(C)C)n2)sc1C(=O)O. The van der Waals surface area contributed by atoms with Crippen LogP contribution in [0.25, 0.3) is 0 Å². The first kappa shape index (κ1) is 16.6. The lowest BCUT2D eigenvalue weighted by atomic mass is 10.2. The van der Waals surface area contributed by atoms with Crippen LogP contribution in [0.5, 0.6) is 0 Å². The monoisotopic (exact) mass is 339 g/mol. The zero-order valence-electron chi connectivity index (χ0n) is 12.7. The Morgan fingerprint density at radius 1 is 1.23 bits per heavy atom. The van der Waals surface area contributed by atoms with Gasteiger partial charge in [-0.05, 0) is 13.8 Å². The quantitative estimate of drug-likeness (QED) is 0.872. The third kappa shape index (κ3) is 3.50. The normalized spacial score (nSPS) is 12.4. The molecule has 2 aromatic heterocycles. The van der Waals surface area contributed by atoms with Crippen LogP contribution in [0.4, 0.5) is 0 Å². The molecule has 22 heavy (non-hydrogen) atoms. The van der Waals surface area contributed by atoms with E-state index in [1.54, 1.807) is 19.2 Å². The highest BCUT2D eigenvalue weighted by molar-refractivity contribution is 7.13. The number of nitrogens with one attached hydrogen (secondary N) is 1. The van der Waals surface area contributed by atoms with Gasteiger partial charge in [0.1, 0.15) is 15.6 Å². The molecular weight excluding hydrogens is 322 g/mol. The second-order valence-corrected chi connectivity index (χ2v) is 7.11. The number of thiazole rings is 2. The van der Waals surface area contributed by atoms with Crippen molar-refractivity contribution in [2.45, 2.75) is 39.7 Å². The number of carbonyl (C=O) groups is 2. The van der Waals surface area contributed by atoms with Crippen molar-refractivity contribution < 1.29 is 14.7 Å². The number of aryl methyl sites for hydroxylation is 1. The molecule has 8 heteroatoms. The van der Waals surface area contributed by atoms with Crippen molar-refractivity contribution >= 4 is 34.6 Å². The number of aromatic nitrogens is 2. The minimum Gasteiger partial charge on any atom is -0.477 e. The van der Waals surface area contributed by atoms with Crippen LogP contribution < -0.4 is 5.32 Å². The van der Waals surface area contributed by atoms with Gasteiger partial charge in [0.25, 0.3) is 5.91 Å². The summed E-state index contributed by atoms with van der Waals surface area (Å²) in [6.07, 6.45) is 0. The van der Waals surface area contributed by atoms with Gasteiger partial charge in [-0.3, -0.25) is 4.79 Å². The molecule has 0 aromatic carbocycles. The molecule has 1 amide bonds. The minimum absolute atomic E-state index is 0.201. The van der Waals surface area contributed by atoms with Crippen molar-refractivity contribution in [3.63, 3.8) is 0 Å². The third-order valence-corrected chi connectivity index (χ3v) is 5.45. The topological polar surface area (TPSA) is 92.2 Å². The van der Waals surface area contributed by atoms with E-state index in [1.807, 2.05) is 13.8 Å². The molecule has 118 valence electrons. The molecule has 0 bridgehead atoms. The third-order valence-electron chi connectivity index (χ3n) is 2.97. The molecule has 1 atom stereocenters. The molecule has 6 nitrogen and oxygen atoms in total. The molecule has 2 aromatic rings. The Balaban J connectivity index is 2.10. The molecule has 0 fully saturated rings. The van der Waals surface area contributed by atoms with Gasteiger partial charge in [-0.2, -0.15) is 0 Å². The van der Waals surface area contributed by atoms with E-state index in [2.05, 4.69) is 15.3 Å². The zero-order valence-corrected chi connectivity index (χ0v) is 14.3. The Labute approximate surface area is 136 Å². The van der Waals surface area contributed by atoms with Gasteiger partial charge in [-0.25, -0.2) is 14.8 Å². The van der Waals surface area contributed by atoms with E-state index < -0.39 is 5.97 Å². The van der Waals surface area contributed by atoms with E-state index in [4.69, 9.17) is 5.11 Å². The van der Waals surface area contributed by atoms with E-state index >= 15 is 0 Å². The average molecular weight is 339 g/mol. The molecule has 0 aliphatic heterocycles. The first-order valence-corrected chi connectivity index (χ1v) is 8.46. The van der Waals surface area contributed by atoms with Crippen LogP contribution in [0, 0.1) is 6.92 Å². The van der Waals surface area contributed by atoms with E-state index in [9.17, 15) is 9.59 Å². The highest BCUT2D eigenvalue weighted by Gasteiger charge is 2.20. The van der Waals surface area contributed by atoms with Crippen molar-refractivity contribution in [2.75, 3.05) is 0 Å². The summed E-state index contributed by atoms with van der Waals surface area (Å²) in [5.74, 6) is -0.995. The predicted molar refractivity (Wildman–Crippen MR) is 85.9 cm³/mol. The van der Waals surface area contributed by atoms with Crippen LogP contribution in [-0.4, -0.2) is 27.0 Å². The number of hydrogen-bond acceptors (Lipinski definition) is 6. The van der Waals surface area contributed by atoms with Gasteiger partial charge in [-0.15, -0.1) is 22.7 Å². The van der Waals surface area contributed by atoms with E-state index in [1.165, 1.54) is 11.3 Å². The fourth-order valence-corrected chi connectivity index (χ4v) is 3.51. The highest BCUT2D eigenvalue weighted by Crippen LogP contribution is 2.24. The second-order valence-electron chi connectivity index (χ2n) is 5.19. The van der Waals surface area contributed by atoms with Gasteiger partial charge < -0.3 is 10.4 Å². The Kier molecular flexibility index (Phi) is 4.92. The van der Waals surface area contributed by atoms with Crippen LogP contribution >= 0.6 is 22.7 Å². The lowest BCUT2D eigenvalue weighted by molar-refractivity contribution is 0.0701. The van der Waals surface area contributed by atoms with Gasteiger partial charge in [0.2, 0.25) is 0 Å². The molecule has 0 saturated heterocycles. The van der Waals surface area contributed by atoms with E-state index in [0.717, 1.165) is 16.3 Å². The summed E-state index contributed by atoms with van der Waals surface area (Å²) in [7, 11) is 0. The van der Waals surface area contributed by atoms with Gasteiger partial charge in [0, 0.05) is 11.3 Å². The van der Waals surface area contributed by atoms with Crippen LogP contribution in [0.2, 0.25) is 0 Å². The van der Waals surface area contributed by atoms with Crippen LogP contribution in [-0.2, 0) is 0 Å². The summed E-state index contributed by atoms with van der Waals surface area (Å²) in [5, 5.41) is 15.1. The van der Waals surface area contributed by atoms with Crippen molar-refractivity contribution in [3.05, 3.63) is 31.7 Å². The molecule has 0 aliphatic carbocycles. The number of aromatic carboxylic acids is 1. The summed E-state index contributed by atoms with van der Waals surface area (Å²) in [4.78, 5) is 31.9. The number of hydrogen-bond donors (Lipinski definition) is 2. The maximum atomic E-state index is 12.2. The maximum Gasteiger partial charge on any atom is 0.347 e. The molecule has 0 saturated carbocycles. The Morgan fingerprint density at radius 2 is 1.91 bits per heavy atom. The van der Waals surface area contributed by atoms with Crippen molar-refractivity contribution in [2.24, 2.45) is 0 Å². The molecule has 2 heterocycles. The van der Waals surface area contributed by atoms with Crippen molar-refractivity contribution in [1.29, 1.82) is 0 Å². The Morgan fingerprint density at radius 3 is 2.41 bits per heavy atom. The van der Waals surface area contributed by atoms with Gasteiger partial charge >= 0.3 is 5.97 Å². The molecule has 2 N–H and O–H groups in total. The number of carbonyl (C=O) groups excluding carboxylic acids is 1. The standard InChI is InChI=1S/C14H17N3O3S2/c1-6(2)12-17-9(5-21-12)11(18)15-8(4)13-16-7(3)10(22-13)14(19)20/h5-6,8H,1-4H3,(H,15,18)(H,19,20). The van der Waals surface area contributed by atoms with Gasteiger partial charge in [0.05, 0.1) is 16.7 Å². The first-order chi connectivity index (χ1) is 10.3. The number of amides is 1. The molecule has 2 rings (SSSR count). The Hall–Kier alpha value is -1.80. The lowest BCUT2D eigenvalue weighted by Gasteiger charge is -2.09. The number of nitrogens with zero attached hydrogens (tertiary/aromatic N) is 2. The first-order valence-electron chi connectivity index (χ1n) is 6.76. The maximum absolute atomic E-state index is 12.2. The molecular formula is C14H17N3O3S2. The summed E-state index contributed by atoms with van der Waals surface area (Å²) in [6.45, 7) is 7.47. The van der Waals surface area contributed by atoms with Crippen molar-refractivity contribution in [1.82, 2.24) is 15.3 Å². The average Bonchev–Trinajstić information content (AvgIpc) is 3.04. The minimum atomic E-state index is -0.999. The summed E-state index contributed by atoms with van der Waals surface area (Å²) in [6, 6.07) is -0.367. The number of rotatable bonds is 5. The number of carboxylic acid groups (broad SMARTS) is 1. The zero-order chi connectivity index (χ0) is 16.4. The van der Waals surface area contributed by atoms with E-state index in [0.29, 0.717) is 16.4 Å². The van der Waals surface area contributed by atoms with Crippen LogP contribution in [0.3, 0.4) is 0 Å². The second kappa shape index (κ2) is 6.53. The van der Waals surface area contributed by atoms with E-state index in [-0.39, 0.29) is 22.7 Å². The van der Waals surface area contributed by atoms with Crippen LogP contribution in [0.15, 0.2) is 5.38 Å². The van der Waals surface area contributed by atoms with Gasteiger partial charge in [-0.1, -0.05) is 13.8 Å². The lowest BCUT2D eigenvalue weighted by Crippen LogP contribution is -2.26. The molecule has 0 aliphatic rings. The summed E-state index contributed by atoms with van der Waals surface area (Å²) < 4.78 is 0. The van der Waals surface area contributed by atoms with Crippen molar-refractivity contribution in [3.8, 4) is 0 Å². The Bertz CT molecular complexity index is 706. The molecule has 1 unspecified atom stereocenters. The molecule has 0 radical (unpaired) electrons. The smallest absolute Gasteiger partial charge is 0.347 e. The fourth-order valence-electron chi connectivity index (χ4n) is 1.79. The molecule has 0 spiro atoms. The highest BCUT2D eigenvalue weighted by atomic mass is 32.1. The largest absolute Gasteiger partial charge is 0.477 e. The summed E-state index contributed by atoms with van der Waals surface area (Å²) in [5.41, 5.74) is 0.844. The summed E-state index contributed by atoms with van der Waals surface area (Å²) >= 11 is 2.54.